The van der Waals surface area contributed by atoms with Gasteiger partial charge >= 0.3 is 5.97 Å². The Morgan fingerprint density at radius 1 is 0.846 bits per heavy atom. The van der Waals surface area contributed by atoms with Gasteiger partial charge in [0.2, 0.25) is 0 Å². The van der Waals surface area contributed by atoms with Crippen LogP contribution in [-0.4, -0.2) is 11.1 Å². The van der Waals surface area contributed by atoms with Gasteiger partial charge in [0.25, 0.3) is 0 Å². The second-order valence-corrected chi connectivity index (χ2v) is 6.26. The highest BCUT2D eigenvalue weighted by Gasteiger charge is 2.01. The van der Waals surface area contributed by atoms with Crippen molar-refractivity contribution >= 4 is 23.3 Å². The Labute approximate surface area is 157 Å². The molecule has 0 atom stereocenters. The number of benzene rings is 3. The molecule has 0 aromatic heterocycles. The lowest BCUT2D eigenvalue weighted by atomic mass is 10.1. The predicted octanol–water partition coefficient (Wildman–Crippen LogP) is 5.37. The Morgan fingerprint density at radius 3 is 1.96 bits per heavy atom. The van der Waals surface area contributed by atoms with E-state index in [2.05, 4.69) is 5.32 Å². The third-order valence-electron chi connectivity index (χ3n) is 3.78. The first kappa shape index (κ1) is 17.8. The largest absolute Gasteiger partial charge is 0.481 e. The van der Waals surface area contributed by atoms with E-state index in [4.69, 9.17) is 21.4 Å². The van der Waals surface area contributed by atoms with Gasteiger partial charge in [0.15, 0.2) is 0 Å². The van der Waals surface area contributed by atoms with E-state index >= 15 is 0 Å². The SMILES string of the molecule is O=C(O)Cc1ccc(CNc2ccc(Oc3ccc(Cl)cc3)cc2)cc1. The van der Waals surface area contributed by atoms with Crippen LogP contribution in [0.5, 0.6) is 11.5 Å². The second kappa shape index (κ2) is 8.41. The van der Waals surface area contributed by atoms with E-state index in [0.29, 0.717) is 11.6 Å². The van der Waals surface area contributed by atoms with Crippen molar-refractivity contribution in [3.05, 3.63) is 88.9 Å². The number of carboxylic acid groups (broad SMARTS) is 1. The number of nitrogens with one attached hydrogen (secondary N) is 1. The third-order valence-corrected chi connectivity index (χ3v) is 4.03. The molecule has 0 saturated heterocycles. The molecule has 26 heavy (non-hydrogen) atoms. The molecule has 3 aromatic carbocycles. The number of anilines is 1. The molecule has 0 amide bonds. The minimum absolute atomic E-state index is 0.0444. The summed E-state index contributed by atoms with van der Waals surface area (Å²) in [7, 11) is 0. The van der Waals surface area contributed by atoms with Crippen molar-refractivity contribution in [2.45, 2.75) is 13.0 Å². The van der Waals surface area contributed by atoms with Gasteiger partial charge in [-0.2, -0.15) is 0 Å². The summed E-state index contributed by atoms with van der Waals surface area (Å²) in [6, 6.07) is 22.5. The van der Waals surface area contributed by atoms with Crippen molar-refractivity contribution in [3.8, 4) is 11.5 Å². The van der Waals surface area contributed by atoms with Crippen LogP contribution < -0.4 is 10.1 Å². The highest BCUT2D eigenvalue weighted by Crippen LogP contribution is 2.24. The molecule has 0 heterocycles. The van der Waals surface area contributed by atoms with Crippen LogP contribution in [0, 0.1) is 0 Å². The maximum atomic E-state index is 10.7. The zero-order valence-corrected chi connectivity index (χ0v) is 14.7. The molecule has 0 fully saturated rings. The lowest BCUT2D eigenvalue weighted by Crippen LogP contribution is -2.02. The first-order valence-corrected chi connectivity index (χ1v) is 8.53. The van der Waals surface area contributed by atoms with Crippen LogP contribution in [0.3, 0.4) is 0 Å². The maximum absolute atomic E-state index is 10.7. The van der Waals surface area contributed by atoms with Crippen LogP contribution in [0.15, 0.2) is 72.8 Å². The molecule has 0 radical (unpaired) electrons. The standard InChI is InChI=1S/C21H18ClNO3/c22-17-5-9-19(10-6-17)26-20-11-7-18(8-12-20)23-14-16-3-1-15(2-4-16)13-21(24)25/h1-12,23H,13-14H2,(H,24,25). The third kappa shape index (κ3) is 5.26. The fourth-order valence-corrected chi connectivity index (χ4v) is 2.56. The average Bonchev–Trinajstić information content (AvgIpc) is 2.64. The molecule has 0 saturated carbocycles. The summed E-state index contributed by atoms with van der Waals surface area (Å²) in [4.78, 5) is 10.7. The van der Waals surface area contributed by atoms with E-state index in [9.17, 15) is 4.79 Å². The van der Waals surface area contributed by atoms with Gasteiger partial charge in [-0.25, -0.2) is 0 Å². The second-order valence-electron chi connectivity index (χ2n) is 5.82. The number of carbonyl (C=O) groups is 1. The minimum atomic E-state index is -0.822. The number of ether oxygens (including phenoxy) is 1. The average molecular weight is 368 g/mol. The lowest BCUT2D eigenvalue weighted by molar-refractivity contribution is -0.136. The van der Waals surface area contributed by atoms with E-state index in [1.54, 1.807) is 12.1 Å². The molecule has 4 nitrogen and oxygen atoms in total. The predicted molar refractivity (Wildman–Crippen MR) is 103 cm³/mol. The number of hydrogen-bond acceptors (Lipinski definition) is 3. The Morgan fingerprint density at radius 2 is 1.38 bits per heavy atom. The molecule has 0 spiro atoms. The van der Waals surface area contributed by atoms with E-state index in [1.807, 2.05) is 60.7 Å². The fourth-order valence-electron chi connectivity index (χ4n) is 2.43. The van der Waals surface area contributed by atoms with Crippen LogP contribution in [0.4, 0.5) is 5.69 Å². The van der Waals surface area contributed by atoms with Gasteiger partial charge in [-0.15, -0.1) is 0 Å². The van der Waals surface area contributed by atoms with Crippen LogP contribution in [-0.2, 0) is 17.8 Å². The molecule has 132 valence electrons. The first-order chi connectivity index (χ1) is 12.6. The van der Waals surface area contributed by atoms with Crippen LogP contribution in [0.2, 0.25) is 5.02 Å². The molecule has 3 rings (SSSR count). The van der Waals surface area contributed by atoms with Gasteiger partial charge < -0.3 is 15.2 Å². The molecular formula is C21H18ClNO3. The summed E-state index contributed by atoms with van der Waals surface area (Å²) in [5.74, 6) is 0.657. The maximum Gasteiger partial charge on any atom is 0.307 e. The number of rotatable bonds is 7. The molecule has 3 aromatic rings. The zero-order chi connectivity index (χ0) is 18.4. The molecule has 0 bridgehead atoms. The summed E-state index contributed by atoms with van der Waals surface area (Å²) >= 11 is 5.86. The van der Waals surface area contributed by atoms with Gasteiger partial charge in [-0.05, 0) is 59.7 Å². The van der Waals surface area contributed by atoms with Crippen molar-refractivity contribution < 1.29 is 14.6 Å². The molecule has 5 heteroatoms. The van der Waals surface area contributed by atoms with Gasteiger partial charge in [0, 0.05) is 17.3 Å². The molecular weight excluding hydrogens is 350 g/mol. The first-order valence-electron chi connectivity index (χ1n) is 8.15. The Bertz CT molecular complexity index is 859. The van der Waals surface area contributed by atoms with E-state index in [1.165, 1.54) is 0 Å². The summed E-state index contributed by atoms with van der Waals surface area (Å²) in [6.07, 6.45) is 0.0444. The van der Waals surface area contributed by atoms with Crippen LogP contribution in [0.1, 0.15) is 11.1 Å². The molecule has 0 aliphatic heterocycles. The van der Waals surface area contributed by atoms with Crippen molar-refractivity contribution in [2.24, 2.45) is 0 Å². The minimum Gasteiger partial charge on any atom is -0.481 e. The number of hydrogen-bond donors (Lipinski definition) is 2. The summed E-state index contributed by atoms with van der Waals surface area (Å²) in [5, 5.41) is 12.8. The highest BCUT2D eigenvalue weighted by molar-refractivity contribution is 6.30. The number of carboxylic acids is 1. The van der Waals surface area contributed by atoms with Crippen molar-refractivity contribution in [1.82, 2.24) is 0 Å². The summed E-state index contributed by atoms with van der Waals surface area (Å²) < 4.78 is 5.76. The normalized spacial score (nSPS) is 10.3. The molecule has 0 aliphatic carbocycles. The van der Waals surface area contributed by atoms with Gasteiger partial charge in [-0.3, -0.25) is 4.79 Å². The summed E-state index contributed by atoms with van der Waals surface area (Å²) in [6.45, 7) is 0.657. The summed E-state index contributed by atoms with van der Waals surface area (Å²) in [5.41, 5.74) is 2.86. The van der Waals surface area contributed by atoms with Crippen molar-refractivity contribution in [3.63, 3.8) is 0 Å². The smallest absolute Gasteiger partial charge is 0.307 e. The Hall–Kier alpha value is -2.98. The van der Waals surface area contributed by atoms with E-state index in [0.717, 1.165) is 28.3 Å². The topological polar surface area (TPSA) is 58.6 Å². The molecule has 2 N–H and O–H groups in total. The van der Waals surface area contributed by atoms with E-state index < -0.39 is 5.97 Å². The molecule has 0 unspecified atom stereocenters. The van der Waals surface area contributed by atoms with Crippen LogP contribution >= 0.6 is 11.6 Å². The quantitative estimate of drug-likeness (QED) is 0.589. The van der Waals surface area contributed by atoms with Crippen molar-refractivity contribution in [2.75, 3.05) is 5.32 Å². The van der Waals surface area contributed by atoms with Crippen LogP contribution in [0.25, 0.3) is 0 Å². The molecule has 0 aliphatic rings. The highest BCUT2D eigenvalue weighted by atomic mass is 35.5. The fraction of sp³-hybridized carbons (Fsp3) is 0.0952. The van der Waals surface area contributed by atoms with Crippen molar-refractivity contribution in [1.29, 1.82) is 0 Å². The van der Waals surface area contributed by atoms with Gasteiger partial charge in [0.1, 0.15) is 11.5 Å². The zero-order valence-electron chi connectivity index (χ0n) is 14.0. The monoisotopic (exact) mass is 367 g/mol. The Kier molecular flexibility index (Phi) is 5.77. The van der Waals surface area contributed by atoms with Gasteiger partial charge in [0.05, 0.1) is 6.42 Å². The number of aliphatic carboxylic acids is 1. The van der Waals surface area contributed by atoms with E-state index in [-0.39, 0.29) is 6.42 Å². The van der Waals surface area contributed by atoms with Gasteiger partial charge in [-0.1, -0.05) is 35.9 Å². The number of halogens is 1. The Balaban J connectivity index is 1.54. The lowest BCUT2D eigenvalue weighted by Gasteiger charge is -2.09.